The van der Waals surface area contributed by atoms with Crippen LogP contribution in [-0.4, -0.2) is 23.2 Å². The van der Waals surface area contributed by atoms with Gasteiger partial charge in [-0.3, -0.25) is 0 Å². The van der Waals surface area contributed by atoms with E-state index in [1.54, 1.807) is 0 Å². The molecule has 0 fully saturated rings. The SMILES string of the molecule is COc1c(C(F)F)ccnc1C(=O)O. The van der Waals surface area contributed by atoms with Crippen molar-refractivity contribution in [3.05, 3.63) is 23.5 Å². The van der Waals surface area contributed by atoms with Gasteiger partial charge < -0.3 is 9.84 Å². The zero-order valence-corrected chi connectivity index (χ0v) is 7.20. The molecule has 0 spiro atoms. The van der Waals surface area contributed by atoms with Gasteiger partial charge in [-0.1, -0.05) is 0 Å². The van der Waals surface area contributed by atoms with E-state index in [1.807, 2.05) is 0 Å². The fourth-order valence-corrected chi connectivity index (χ4v) is 1.00. The van der Waals surface area contributed by atoms with E-state index in [9.17, 15) is 13.6 Å². The number of pyridine rings is 1. The molecule has 1 heterocycles. The number of carboxylic acids is 1. The van der Waals surface area contributed by atoms with E-state index < -0.39 is 29.4 Å². The number of hydrogen-bond donors (Lipinski definition) is 1. The quantitative estimate of drug-likeness (QED) is 0.812. The van der Waals surface area contributed by atoms with E-state index in [1.165, 1.54) is 0 Å². The van der Waals surface area contributed by atoms with E-state index in [0.29, 0.717) is 0 Å². The zero-order valence-electron chi connectivity index (χ0n) is 7.20. The fraction of sp³-hybridized carbons (Fsp3) is 0.250. The Morgan fingerprint density at radius 2 is 2.29 bits per heavy atom. The highest BCUT2D eigenvalue weighted by molar-refractivity contribution is 5.89. The Balaban J connectivity index is 3.32. The molecule has 0 aromatic carbocycles. The number of nitrogens with zero attached hydrogens (tertiary/aromatic N) is 1. The van der Waals surface area contributed by atoms with Gasteiger partial charge in [0.25, 0.3) is 6.43 Å². The molecule has 0 atom stereocenters. The first-order valence-electron chi connectivity index (χ1n) is 3.62. The molecule has 0 aliphatic rings. The van der Waals surface area contributed by atoms with E-state index in [4.69, 9.17) is 5.11 Å². The van der Waals surface area contributed by atoms with Crippen molar-refractivity contribution < 1.29 is 23.4 Å². The molecule has 76 valence electrons. The lowest BCUT2D eigenvalue weighted by Gasteiger charge is -2.08. The minimum atomic E-state index is -2.79. The van der Waals surface area contributed by atoms with Gasteiger partial charge in [-0.2, -0.15) is 0 Å². The van der Waals surface area contributed by atoms with E-state index in [2.05, 4.69) is 9.72 Å². The maximum atomic E-state index is 12.4. The maximum absolute atomic E-state index is 12.4. The first kappa shape index (κ1) is 10.4. The standard InChI is InChI=1S/C8H7F2NO3/c1-14-6-4(7(9)10)2-3-11-5(6)8(12)13/h2-3,7H,1H3,(H,12,13). The fourth-order valence-electron chi connectivity index (χ4n) is 1.00. The number of halogens is 2. The van der Waals surface area contributed by atoms with E-state index in [-0.39, 0.29) is 0 Å². The molecule has 0 radical (unpaired) electrons. The van der Waals surface area contributed by atoms with Gasteiger partial charge in [-0.15, -0.1) is 0 Å². The van der Waals surface area contributed by atoms with Crippen LogP contribution >= 0.6 is 0 Å². The summed E-state index contributed by atoms with van der Waals surface area (Å²) in [5.41, 5.74) is -0.981. The van der Waals surface area contributed by atoms with Gasteiger partial charge in [-0.25, -0.2) is 18.6 Å². The molecule has 14 heavy (non-hydrogen) atoms. The second kappa shape index (κ2) is 3.99. The van der Waals surface area contributed by atoms with Crippen molar-refractivity contribution in [1.29, 1.82) is 0 Å². The topological polar surface area (TPSA) is 59.4 Å². The summed E-state index contributed by atoms with van der Waals surface area (Å²) in [6.45, 7) is 0. The molecule has 0 unspecified atom stereocenters. The number of rotatable bonds is 3. The summed E-state index contributed by atoms with van der Waals surface area (Å²) in [6, 6.07) is 1.02. The van der Waals surface area contributed by atoms with Crippen LogP contribution in [0.4, 0.5) is 8.78 Å². The van der Waals surface area contributed by atoms with Gasteiger partial charge in [0.1, 0.15) is 0 Å². The Morgan fingerprint density at radius 1 is 1.64 bits per heavy atom. The van der Waals surface area contributed by atoms with Crippen molar-refractivity contribution in [1.82, 2.24) is 4.98 Å². The molecule has 0 bridgehead atoms. The molecule has 1 rings (SSSR count). The van der Waals surface area contributed by atoms with Crippen LogP contribution in [0.1, 0.15) is 22.5 Å². The average Bonchev–Trinajstić information content (AvgIpc) is 2.16. The molecule has 1 N–H and O–H groups in total. The predicted molar refractivity (Wildman–Crippen MR) is 42.7 cm³/mol. The number of aromatic carboxylic acids is 1. The van der Waals surface area contributed by atoms with Crippen molar-refractivity contribution in [3.63, 3.8) is 0 Å². The molecule has 0 amide bonds. The molecule has 1 aromatic heterocycles. The first-order valence-corrected chi connectivity index (χ1v) is 3.62. The summed E-state index contributed by atoms with van der Waals surface area (Å²) >= 11 is 0. The molecule has 0 saturated carbocycles. The van der Waals surface area contributed by atoms with Gasteiger partial charge in [0, 0.05) is 6.20 Å². The van der Waals surface area contributed by atoms with Crippen LogP contribution in [0.5, 0.6) is 5.75 Å². The van der Waals surface area contributed by atoms with Gasteiger partial charge >= 0.3 is 5.97 Å². The Hall–Kier alpha value is -1.72. The van der Waals surface area contributed by atoms with Crippen LogP contribution < -0.4 is 4.74 Å². The molecule has 6 heteroatoms. The molecule has 0 saturated heterocycles. The molecular formula is C8H7F2NO3. The van der Waals surface area contributed by atoms with Crippen molar-refractivity contribution >= 4 is 5.97 Å². The summed E-state index contributed by atoms with van der Waals surface area (Å²) in [4.78, 5) is 14.0. The van der Waals surface area contributed by atoms with Crippen LogP contribution in [0.15, 0.2) is 12.3 Å². The van der Waals surface area contributed by atoms with Crippen LogP contribution in [-0.2, 0) is 0 Å². The Bertz CT molecular complexity index is 354. The van der Waals surface area contributed by atoms with Crippen molar-refractivity contribution in [3.8, 4) is 5.75 Å². The number of methoxy groups -OCH3 is 1. The Morgan fingerprint density at radius 3 is 2.71 bits per heavy atom. The van der Waals surface area contributed by atoms with E-state index in [0.717, 1.165) is 19.4 Å². The first-order chi connectivity index (χ1) is 6.57. The van der Waals surface area contributed by atoms with Gasteiger partial charge in [-0.05, 0) is 6.07 Å². The van der Waals surface area contributed by atoms with Gasteiger partial charge in [0.15, 0.2) is 11.4 Å². The Kier molecular flexibility index (Phi) is 2.95. The van der Waals surface area contributed by atoms with Crippen molar-refractivity contribution in [2.75, 3.05) is 7.11 Å². The highest BCUT2D eigenvalue weighted by atomic mass is 19.3. The number of hydrogen-bond acceptors (Lipinski definition) is 3. The third kappa shape index (κ3) is 1.78. The lowest BCUT2D eigenvalue weighted by Crippen LogP contribution is -2.06. The summed E-state index contributed by atoms with van der Waals surface area (Å²) in [7, 11) is 1.12. The summed E-state index contributed by atoms with van der Waals surface area (Å²) < 4.78 is 29.3. The highest BCUT2D eigenvalue weighted by Gasteiger charge is 2.21. The predicted octanol–water partition coefficient (Wildman–Crippen LogP) is 1.73. The van der Waals surface area contributed by atoms with Crippen molar-refractivity contribution in [2.24, 2.45) is 0 Å². The number of carbonyl (C=O) groups is 1. The van der Waals surface area contributed by atoms with Crippen LogP contribution in [0.25, 0.3) is 0 Å². The third-order valence-corrected chi connectivity index (χ3v) is 1.58. The molecular weight excluding hydrogens is 196 g/mol. The van der Waals surface area contributed by atoms with Crippen LogP contribution in [0.3, 0.4) is 0 Å². The third-order valence-electron chi connectivity index (χ3n) is 1.58. The number of ether oxygens (including phenoxy) is 1. The number of alkyl halides is 2. The van der Waals surface area contributed by atoms with Crippen LogP contribution in [0, 0.1) is 0 Å². The maximum Gasteiger partial charge on any atom is 0.358 e. The average molecular weight is 203 g/mol. The largest absolute Gasteiger partial charge is 0.494 e. The van der Waals surface area contributed by atoms with Gasteiger partial charge in [0.05, 0.1) is 12.7 Å². The monoisotopic (exact) mass is 203 g/mol. The Labute approximate surface area is 78.1 Å². The summed E-state index contributed by atoms with van der Waals surface area (Å²) in [5, 5.41) is 8.62. The molecule has 0 aliphatic carbocycles. The highest BCUT2D eigenvalue weighted by Crippen LogP contribution is 2.30. The number of aromatic nitrogens is 1. The smallest absolute Gasteiger partial charge is 0.358 e. The van der Waals surface area contributed by atoms with E-state index >= 15 is 0 Å². The van der Waals surface area contributed by atoms with Crippen molar-refractivity contribution in [2.45, 2.75) is 6.43 Å². The minimum absolute atomic E-state index is 0.394. The zero-order chi connectivity index (χ0) is 10.7. The number of carboxylic acid groups (broad SMARTS) is 1. The second-order valence-corrected chi connectivity index (χ2v) is 2.39. The molecule has 1 aromatic rings. The lowest BCUT2D eigenvalue weighted by molar-refractivity contribution is 0.0685. The summed E-state index contributed by atoms with van der Waals surface area (Å²) in [6.07, 6.45) is -1.78. The lowest BCUT2D eigenvalue weighted by atomic mass is 10.2. The van der Waals surface area contributed by atoms with Crippen LogP contribution in [0.2, 0.25) is 0 Å². The molecule has 0 aliphatic heterocycles. The van der Waals surface area contributed by atoms with Gasteiger partial charge in [0.2, 0.25) is 0 Å². The normalized spacial score (nSPS) is 10.3. The second-order valence-electron chi connectivity index (χ2n) is 2.39. The molecule has 4 nitrogen and oxygen atoms in total. The summed E-state index contributed by atoms with van der Waals surface area (Å²) in [5.74, 6) is -1.79. The minimum Gasteiger partial charge on any atom is -0.494 e.